The molecular formula is C26H24FNO2. The Morgan fingerprint density at radius 1 is 1.10 bits per heavy atom. The number of benzene rings is 2. The first-order chi connectivity index (χ1) is 14.3. The standard InChI is InChI=1S/C26H24FNO2/c1-5-18-13-22(16-28(4)26(18)30)25-20(8-7-9-21(25)15-23(29)6-2)14-19-11-10-17(3)12-24(19)27/h2,7-13,16H,5,14-15H2,1,3-4H3. The van der Waals surface area contributed by atoms with Crippen LogP contribution in [-0.2, 0) is 31.1 Å². The number of nitrogens with zero attached hydrogens (tertiary/aromatic N) is 1. The molecule has 0 saturated carbocycles. The molecule has 0 unspecified atom stereocenters. The summed E-state index contributed by atoms with van der Waals surface area (Å²) < 4.78 is 16.1. The topological polar surface area (TPSA) is 39.1 Å². The highest BCUT2D eigenvalue weighted by atomic mass is 19.1. The molecule has 3 nitrogen and oxygen atoms in total. The predicted molar refractivity (Wildman–Crippen MR) is 118 cm³/mol. The number of aryl methyl sites for hydroxylation is 3. The van der Waals surface area contributed by atoms with E-state index in [1.54, 1.807) is 23.9 Å². The highest BCUT2D eigenvalue weighted by Gasteiger charge is 2.16. The summed E-state index contributed by atoms with van der Waals surface area (Å²) in [6.07, 6.45) is 8.10. The van der Waals surface area contributed by atoms with Gasteiger partial charge in [-0.15, -0.1) is 6.42 Å². The number of rotatable bonds is 6. The molecule has 152 valence electrons. The van der Waals surface area contributed by atoms with Crippen molar-refractivity contribution in [1.82, 2.24) is 4.57 Å². The molecule has 1 aromatic heterocycles. The second-order valence-electron chi connectivity index (χ2n) is 7.49. The van der Waals surface area contributed by atoms with Crippen molar-refractivity contribution in [3.05, 3.63) is 92.6 Å². The van der Waals surface area contributed by atoms with Crippen LogP contribution in [0.3, 0.4) is 0 Å². The van der Waals surface area contributed by atoms with Gasteiger partial charge in [0.15, 0.2) is 0 Å². The Morgan fingerprint density at radius 2 is 1.83 bits per heavy atom. The van der Waals surface area contributed by atoms with Crippen LogP contribution in [0.4, 0.5) is 4.39 Å². The van der Waals surface area contributed by atoms with Gasteiger partial charge in [0, 0.05) is 31.6 Å². The summed E-state index contributed by atoms with van der Waals surface area (Å²) in [6.45, 7) is 3.78. The van der Waals surface area contributed by atoms with Crippen LogP contribution in [0.15, 0.2) is 53.5 Å². The molecule has 0 aliphatic rings. The lowest BCUT2D eigenvalue weighted by molar-refractivity contribution is -0.113. The van der Waals surface area contributed by atoms with Gasteiger partial charge in [-0.05, 0) is 64.8 Å². The normalized spacial score (nSPS) is 10.6. The largest absolute Gasteiger partial charge is 0.318 e. The maximum absolute atomic E-state index is 14.5. The monoisotopic (exact) mass is 401 g/mol. The quantitative estimate of drug-likeness (QED) is 0.454. The SMILES string of the molecule is C#CC(=O)Cc1cccc(Cc2ccc(C)cc2F)c1-c1cc(CC)c(=O)n(C)c1. The fraction of sp³-hybridized carbons (Fsp3) is 0.231. The summed E-state index contributed by atoms with van der Waals surface area (Å²) >= 11 is 0. The summed E-state index contributed by atoms with van der Waals surface area (Å²) in [5, 5.41) is 0. The van der Waals surface area contributed by atoms with Crippen LogP contribution in [-0.4, -0.2) is 10.4 Å². The van der Waals surface area contributed by atoms with Gasteiger partial charge in [0.05, 0.1) is 0 Å². The molecule has 0 saturated heterocycles. The smallest absolute Gasteiger partial charge is 0.253 e. The third-order valence-corrected chi connectivity index (χ3v) is 5.27. The molecule has 0 N–H and O–H groups in total. The van der Waals surface area contributed by atoms with E-state index in [2.05, 4.69) is 5.92 Å². The molecule has 0 aliphatic heterocycles. The first-order valence-corrected chi connectivity index (χ1v) is 9.89. The van der Waals surface area contributed by atoms with Crippen LogP contribution in [0.5, 0.6) is 0 Å². The van der Waals surface area contributed by atoms with Crippen molar-refractivity contribution in [2.24, 2.45) is 7.05 Å². The Balaban J connectivity index is 2.22. The summed E-state index contributed by atoms with van der Waals surface area (Å²) in [5.74, 6) is 1.58. The highest BCUT2D eigenvalue weighted by molar-refractivity contribution is 5.97. The molecule has 0 fully saturated rings. The number of terminal acetylenes is 1. The number of hydrogen-bond donors (Lipinski definition) is 0. The number of Topliss-reactive ketones (excluding diaryl/α,β-unsaturated/α-hetero) is 1. The molecule has 2 aromatic carbocycles. The lowest BCUT2D eigenvalue weighted by atomic mass is 9.89. The van der Waals surface area contributed by atoms with Crippen molar-refractivity contribution in [3.8, 4) is 23.5 Å². The first kappa shape index (κ1) is 21.3. The molecule has 3 rings (SSSR count). The predicted octanol–water partition coefficient (Wildman–Crippen LogP) is 4.40. The minimum atomic E-state index is -0.324. The van der Waals surface area contributed by atoms with Crippen LogP contribution in [0.2, 0.25) is 0 Å². The lowest BCUT2D eigenvalue weighted by Crippen LogP contribution is -2.20. The summed E-state index contributed by atoms with van der Waals surface area (Å²) in [7, 11) is 1.71. The van der Waals surface area contributed by atoms with Crippen molar-refractivity contribution in [2.45, 2.75) is 33.1 Å². The molecule has 0 radical (unpaired) electrons. The van der Waals surface area contributed by atoms with Gasteiger partial charge < -0.3 is 4.57 Å². The Morgan fingerprint density at radius 3 is 2.50 bits per heavy atom. The van der Waals surface area contributed by atoms with Crippen molar-refractivity contribution in [2.75, 3.05) is 0 Å². The molecule has 0 bridgehead atoms. The van der Waals surface area contributed by atoms with E-state index in [0.29, 0.717) is 24.0 Å². The highest BCUT2D eigenvalue weighted by Crippen LogP contribution is 2.31. The van der Waals surface area contributed by atoms with E-state index in [4.69, 9.17) is 6.42 Å². The van der Waals surface area contributed by atoms with E-state index in [9.17, 15) is 14.0 Å². The molecule has 4 heteroatoms. The van der Waals surface area contributed by atoms with E-state index in [1.165, 1.54) is 6.07 Å². The second kappa shape index (κ2) is 8.92. The van der Waals surface area contributed by atoms with Gasteiger partial charge in [-0.3, -0.25) is 9.59 Å². The average Bonchev–Trinajstić information content (AvgIpc) is 2.72. The van der Waals surface area contributed by atoms with Crippen LogP contribution >= 0.6 is 0 Å². The van der Waals surface area contributed by atoms with Gasteiger partial charge >= 0.3 is 0 Å². The van der Waals surface area contributed by atoms with Gasteiger partial charge in [0.1, 0.15) is 5.82 Å². The molecule has 3 aromatic rings. The molecule has 0 atom stereocenters. The third-order valence-electron chi connectivity index (χ3n) is 5.27. The van der Waals surface area contributed by atoms with Gasteiger partial charge in [-0.2, -0.15) is 0 Å². The number of halogens is 1. The fourth-order valence-electron chi connectivity index (χ4n) is 3.71. The minimum absolute atomic E-state index is 0.0513. The van der Waals surface area contributed by atoms with Crippen molar-refractivity contribution in [1.29, 1.82) is 0 Å². The van der Waals surface area contributed by atoms with E-state index in [-0.39, 0.29) is 23.6 Å². The number of pyridine rings is 1. The third kappa shape index (κ3) is 4.41. The number of carbonyl (C=O) groups is 1. The van der Waals surface area contributed by atoms with Crippen LogP contribution in [0.1, 0.15) is 34.7 Å². The number of carbonyl (C=O) groups excluding carboxylic acids is 1. The fourth-order valence-corrected chi connectivity index (χ4v) is 3.71. The van der Waals surface area contributed by atoms with Crippen LogP contribution < -0.4 is 5.56 Å². The zero-order valence-electron chi connectivity index (χ0n) is 17.5. The number of ketones is 1. The van der Waals surface area contributed by atoms with Crippen LogP contribution in [0.25, 0.3) is 11.1 Å². The Hall–Kier alpha value is -3.45. The Labute approximate surface area is 176 Å². The number of hydrogen-bond acceptors (Lipinski definition) is 2. The Bertz CT molecular complexity index is 1210. The number of aromatic nitrogens is 1. The zero-order valence-corrected chi connectivity index (χ0v) is 17.5. The van der Waals surface area contributed by atoms with Crippen molar-refractivity contribution < 1.29 is 9.18 Å². The second-order valence-corrected chi connectivity index (χ2v) is 7.49. The average molecular weight is 401 g/mol. The molecule has 30 heavy (non-hydrogen) atoms. The van der Waals surface area contributed by atoms with Gasteiger partial charge in [0.2, 0.25) is 5.78 Å². The molecule has 0 amide bonds. The van der Waals surface area contributed by atoms with E-state index >= 15 is 0 Å². The molecule has 0 spiro atoms. The molecule has 1 heterocycles. The van der Waals surface area contributed by atoms with Gasteiger partial charge in [-0.25, -0.2) is 4.39 Å². The summed E-state index contributed by atoms with van der Waals surface area (Å²) in [4.78, 5) is 24.4. The summed E-state index contributed by atoms with van der Waals surface area (Å²) in [5.41, 5.74) is 5.34. The first-order valence-electron chi connectivity index (χ1n) is 9.89. The maximum Gasteiger partial charge on any atom is 0.253 e. The van der Waals surface area contributed by atoms with Crippen LogP contribution in [0, 0.1) is 25.1 Å². The van der Waals surface area contributed by atoms with Crippen molar-refractivity contribution >= 4 is 5.78 Å². The lowest BCUT2D eigenvalue weighted by Gasteiger charge is -2.17. The summed E-state index contributed by atoms with van der Waals surface area (Å²) in [6, 6.07) is 12.7. The Kier molecular flexibility index (Phi) is 6.32. The maximum atomic E-state index is 14.5. The van der Waals surface area contributed by atoms with E-state index in [0.717, 1.165) is 27.8 Å². The minimum Gasteiger partial charge on any atom is -0.318 e. The van der Waals surface area contributed by atoms with Gasteiger partial charge in [0.25, 0.3) is 5.56 Å². The van der Waals surface area contributed by atoms with E-state index < -0.39 is 0 Å². The van der Waals surface area contributed by atoms with Crippen molar-refractivity contribution in [3.63, 3.8) is 0 Å². The molecule has 0 aliphatic carbocycles. The van der Waals surface area contributed by atoms with E-state index in [1.807, 2.05) is 44.2 Å². The van der Waals surface area contributed by atoms with Gasteiger partial charge in [-0.1, -0.05) is 37.3 Å². The molecular weight excluding hydrogens is 377 g/mol. The zero-order chi connectivity index (χ0) is 21.8.